The van der Waals surface area contributed by atoms with Crippen molar-refractivity contribution in [1.29, 1.82) is 0 Å². The molecule has 0 aliphatic carbocycles. The quantitative estimate of drug-likeness (QED) is 0.366. The van der Waals surface area contributed by atoms with E-state index in [2.05, 4.69) is 0 Å². The second kappa shape index (κ2) is 6.62. The van der Waals surface area contributed by atoms with Crippen molar-refractivity contribution in [2.24, 2.45) is 0 Å². The Balaban J connectivity index is 2.35. The van der Waals surface area contributed by atoms with Crippen LogP contribution in [0.25, 0.3) is 0 Å². The van der Waals surface area contributed by atoms with E-state index >= 15 is 0 Å². The van der Waals surface area contributed by atoms with Gasteiger partial charge < -0.3 is 4.74 Å². The SMILES string of the molecule is CC(=O)OC(C(=O)c1ccccc1)c1ccc([N+](=O)[O-])cc1. The van der Waals surface area contributed by atoms with Crippen LogP contribution in [0.3, 0.4) is 0 Å². The summed E-state index contributed by atoms with van der Waals surface area (Å²) in [5, 5.41) is 10.7. The molecule has 0 bridgehead atoms. The number of esters is 1. The molecule has 2 aromatic carbocycles. The van der Waals surface area contributed by atoms with Crippen molar-refractivity contribution >= 4 is 17.4 Å². The van der Waals surface area contributed by atoms with Gasteiger partial charge >= 0.3 is 5.97 Å². The van der Waals surface area contributed by atoms with Crippen LogP contribution in [-0.4, -0.2) is 16.7 Å². The fourth-order valence-electron chi connectivity index (χ4n) is 1.96. The summed E-state index contributed by atoms with van der Waals surface area (Å²) in [6, 6.07) is 13.8. The molecular weight excluding hydrogens is 286 g/mol. The maximum Gasteiger partial charge on any atom is 0.303 e. The lowest BCUT2D eigenvalue weighted by atomic mass is 9.99. The van der Waals surface area contributed by atoms with Crippen LogP contribution in [0.1, 0.15) is 28.9 Å². The minimum Gasteiger partial charge on any atom is -0.449 e. The highest BCUT2D eigenvalue weighted by molar-refractivity contribution is 6.00. The summed E-state index contributed by atoms with van der Waals surface area (Å²) in [5.74, 6) is -0.989. The molecule has 112 valence electrons. The van der Waals surface area contributed by atoms with E-state index in [-0.39, 0.29) is 11.5 Å². The van der Waals surface area contributed by atoms with Crippen molar-refractivity contribution in [3.8, 4) is 0 Å². The van der Waals surface area contributed by atoms with E-state index in [1.807, 2.05) is 0 Å². The second-order valence-electron chi connectivity index (χ2n) is 4.57. The summed E-state index contributed by atoms with van der Waals surface area (Å²) < 4.78 is 5.09. The third-order valence-electron chi connectivity index (χ3n) is 2.99. The van der Waals surface area contributed by atoms with Crippen LogP contribution in [0.15, 0.2) is 54.6 Å². The van der Waals surface area contributed by atoms with Gasteiger partial charge in [-0.1, -0.05) is 30.3 Å². The van der Waals surface area contributed by atoms with E-state index in [0.717, 1.165) is 0 Å². The molecule has 0 radical (unpaired) electrons. The largest absolute Gasteiger partial charge is 0.449 e. The normalized spacial score (nSPS) is 11.5. The van der Waals surface area contributed by atoms with Crippen LogP contribution >= 0.6 is 0 Å². The number of nitro groups is 1. The average molecular weight is 299 g/mol. The fourth-order valence-corrected chi connectivity index (χ4v) is 1.96. The fraction of sp³-hybridized carbons (Fsp3) is 0.125. The van der Waals surface area contributed by atoms with E-state index in [1.165, 1.54) is 31.2 Å². The number of nitrogens with zero attached hydrogens (tertiary/aromatic N) is 1. The van der Waals surface area contributed by atoms with Gasteiger partial charge in [-0.25, -0.2) is 0 Å². The van der Waals surface area contributed by atoms with Gasteiger partial charge in [-0.15, -0.1) is 0 Å². The summed E-state index contributed by atoms with van der Waals surface area (Å²) >= 11 is 0. The van der Waals surface area contributed by atoms with Crippen LogP contribution < -0.4 is 0 Å². The van der Waals surface area contributed by atoms with Gasteiger partial charge in [-0.3, -0.25) is 19.7 Å². The Labute approximate surface area is 126 Å². The Kier molecular flexibility index (Phi) is 4.63. The molecule has 2 rings (SSSR count). The van der Waals surface area contributed by atoms with Crippen LogP contribution in [0.4, 0.5) is 5.69 Å². The molecule has 0 heterocycles. The Hall–Kier alpha value is -3.02. The minimum absolute atomic E-state index is 0.0996. The molecule has 0 saturated carbocycles. The lowest BCUT2D eigenvalue weighted by Crippen LogP contribution is -2.18. The Bertz CT molecular complexity index is 694. The molecule has 0 aromatic heterocycles. The molecule has 0 aliphatic rings. The first-order valence-corrected chi connectivity index (χ1v) is 6.50. The van der Waals surface area contributed by atoms with Crippen LogP contribution in [0.2, 0.25) is 0 Å². The number of hydrogen-bond donors (Lipinski definition) is 0. The third-order valence-corrected chi connectivity index (χ3v) is 2.99. The van der Waals surface area contributed by atoms with Crippen LogP contribution in [-0.2, 0) is 9.53 Å². The monoisotopic (exact) mass is 299 g/mol. The molecule has 6 nitrogen and oxygen atoms in total. The average Bonchev–Trinajstić information content (AvgIpc) is 2.53. The van der Waals surface area contributed by atoms with E-state index in [4.69, 9.17) is 4.74 Å². The zero-order valence-corrected chi connectivity index (χ0v) is 11.8. The molecule has 2 aromatic rings. The lowest BCUT2D eigenvalue weighted by molar-refractivity contribution is -0.384. The Morgan fingerprint density at radius 3 is 2.14 bits per heavy atom. The Morgan fingerprint density at radius 1 is 1.05 bits per heavy atom. The summed E-state index contributed by atoms with van der Waals surface area (Å²) in [7, 11) is 0. The molecule has 0 amide bonds. The van der Waals surface area contributed by atoms with Crippen LogP contribution in [0, 0.1) is 10.1 Å². The Morgan fingerprint density at radius 2 is 1.64 bits per heavy atom. The number of carbonyl (C=O) groups is 2. The van der Waals surface area contributed by atoms with Crippen molar-refractivity contribution in [3.05, 3.63) is 75.8 Å². The first-order valence-electron chi connectivity index (χ1n) is 6.50. The van der Waals surface area contributed by atoms with Gasteiger partial charge in [0.05, 0.1) is 4.92 Å². The number of carbonyl (C=O) groups excluding carboxylic acids is 2. The van der Waals surface area contributed by atoms with Gasteiger partial charge in [0.2, 0.25) is 5.78 Å². The van der Waals surface area contributed by atoms with E-state index < -0.39 is 17.0 Å². The lowest BCUT2D eigenvalue weighted by Gasteiger charge is -2.16. The molecule has 22 heavy (non-hydrogen) atoms. The van der Waals surface area contributed by atoms with E-state index in [9.17, 15) is 19.7 Å². The maximum absolute atomic E-state index is 12.5. The number of ether oxygens (including phenoxy) is 1. The first-order chi connectivity index (χ1) is 10.5. The number of rotatable bonds is 5. The van der Waals surface area contributed by atoms with Gasteiger partial charge in [0.15, 0.2) is 6.10 Å². The first kappa shape index (κ1) is 15.4. The third kappa shape index (κ3) is 3.54. The number of ketones is 1. The topological polar surface area (TPSA) is 86.5 Å². The molecule has 0 saturated heterocycles. The number of Topliss-reactive ketones (excluding diaryl/α,β-unsaturated/α-hetero) is 1. The van der Waals surface area contributed by atoms with Crippen molar-refractivity contribution in [2.45, 2.75) is 13.0 Å². The molecule has 0 N–H and O–H groups in total. The second-order valence-corrected chi connectivity index (χ2v) is 4.57. The van der Waals surface area contributed by atoms with Crippen molar-refractivity contribution < 1.29 is 19.2 Å². The van der Waals surface area contributed by atoms with Crippen molar-refractivity contribution in [3.63, 3.8) is 0 Å². The highest BCUT2D eigenvalue weighted by Crippen LogP contribution is 2.24. The molecule has 0 spiro atoms. The van der Waals surface area contributed by atoms with Gasteiger partial charge in [-0.05, 0) is 12.1 Å². The molecular formula is C16H13NO5. The maximum atomic E-state index is 12.5. The van der Waals surface area contributed by atoms with E-state index in [0.29, 0.717) is 11.1 Å². The molecule has 1 unspecified atom stereocenters. The zero-order chi connectivity index (χ0) is 16.1. The minimum atomic E-state index is -1.12. The van der Waals surface area contributed by atoms with Crippen molar-refractivity contribution in [1.82, 2.24) is 0 Å². The van der Waals surface area contributed by atoms with Gasteiger partial charge in [0, 0.05) is 30.2 Å². The highest BCUT2D eigenvalue weighted by Gasteiger charge is 2.25. The van der Waals surface area contributed by atoms with Gasteiger partial charge in [0.1, 0.15) is 0 Å². The molecule has 6 heteroatoms. The molecule has 1 atom stereocenters. The van der Waals surface area contributed by atoms with Crippen LogP contribution in [0.5, 0.6) is 0 Å². The predicted octanol–water partition coefficient (Wildman–Crippen LogP) is 3.08. The number of nitro benzene ring substituents is 1. The number of hydrogen-bond acceptors (Lipinski definition) is 5. The van der Waals surface area contributed by atoms with E-state index in [1.54, 1.807) is 30.3 Å². The summed E-state index contributed by atoms with van der Waals surface area (Å²) in [6.07, 6.45) is -1.12. The summed E-state index contributed by atoms with van der Waals surface area (Å²) in [4.78, 5) is 33.9. The summed E-state index contributed by atoms with van der Waals surface area (Å²) in [6.45, 7) is 1.21. The smallest absolute Gasteiger partial charge is 0.303 e. The predicted molar refractivity (Wildman–Crippen MR) is 78.4 cm³/mol. The number of non-ortho nitro benzene ring substituents is 1. The zero-order valence-electron chi connectivity index (χ0n) is 11.8. The van der Waals surface area contributed by atoms with Crippen molar-refractivity contribution in [2.75, 3.05) is 0 Å². The standard InChI is InChI=1S/C16H13NO5/c1-11(18)22-16(15(19)12-5-3-2-4-6-12)13-7-9-14(10-8-13)17(20)21/h2-10,16H,1H3. The molecule has 0 fully saturated rings. The van der Waals surface area contributed by atoms with Gasteiger partial charge in [0.25, 0.3) is 5.69 Å². The van der Waals surface area contributed by atoms with Gasteiger partial charge in [-0.2, -0.15) is 0 Å². The highest BCUT2D eigenvalue weighted by atomic mass is 16.6. The molecule has 0 aliphatic heterocycles. The number of benzene rings is 2. The summed E-state index contributed by atoms with van der Waals surface area (Å²) in [5.41, 5.74) is 0.680.